The van der Waals surface area contributed by atoms with Crippen molar-refractivity contribution < 1.29 is 0 Å². The van der Waals surface area contributed by atoms with E-state index >= 15 is 0 Å². The number of rotatable bonds is 4. The third-order valence-electron chi connectivity index (χ3n) is 4.39. The number of benzene rings is 2. The van der Waals surface area contributed by atoms with E-state index in [2.05, 4.69) is 52.8 Å². The number of fused-ring (bicyclic) bond motifs is 1. The smallest absolute Gasteiger partial charge is 0.191 e. The van der Waals surface area contributed by atoms with Crippen molar-refractivity contribution in [3.8, 4) is 0 Å². The van der Waals surface area contributed by atoms with E-state index in [1.807, 2.05) is 30.5 Å². The summed E-state index contributed by atoms with van der Waals surface area (Å²) in [6, 6.07) is 14.6. The number of aryl methyl sites for hydroxylation is 2. The molecular weight excluding hydrogens is 328 g/mol. The number of hydrazone groups is 1. The summed E-state index contributed by atoms with van der Waals surface area (Å²) in [7, 11) is 0. The molecule has 2 aromatic rings. The molecule has 0 aliphatic carbocycles. The number of anilines is 2. The van der Waals surface area contributed by atoms with Crippen LogP contribution in [0.1, 0.15) is 30.0 Å². The van der Waals surface area contributed by atoms with Gasteiger partial charge in [0.2, 0.25) is 0 Å². The minimum absolute atomic E-state index is 0.482. The molecule has 0 radical (unpaired) electrons. The normalized spacial score (nSPS) is 13.6. The van der Waals surface area contributed by atoms with E-state index in [0.29, 0.717) is 5.11 Å². The van der Waals surface area contributed by atoms with E-state index in [9.17, 15) is 0 Å². The van der Waals surface area contributed by atoms with Gasteiger partial charge in [0.25, 0.3) is 0 Å². The quantitative estimate of drug-likeness (QED) is 0.494. The van der Waals surface area contributed by atoms with Crippen LogP contribution in [0.25, 0.3) is 0 Å². The van der Waals surface area contributed by atoms with Gasteiger partial charge in [0.1, 0.15) is 0 Å². The van der Waals surface area contributed by atoms with Crippen molar-refractivity contribution in [3.05, 3.63) is 59.2 Å². The van der Waals surface area contributed by atoms with Crippen LogP contribution < -0.4 is 15.6 Å². The van der Waals surface area contributed by atoms with Gasteiger partial charge in [0.15, 0.2) is 5.11 Å². The summed E-state index contributed by atoms with van der Waals surface area (Å²) in [5.41, 5.74) is 8.89. The summed E-state index contributed by atoms with van der Waals surface area (Å²) in [6.45, 7) is 6.47. The van der Waals surface area contributed by atoms with Crippen molar-refractivity contribution in [3.63, 3.8) is 0 Å². The van der Waals surface area contributed by atoms with Gasteiger partial charge in [0.05, 0.1) is 6.21 Å². The third-order valence-corrected chi connectivity index (χ3v) is 4.58. The van der Waals surface area contributed by atoms with Crippen LogP contribution in [0.2, 0.25) is 0 Å². The van der Waals surface area contributed by atoms with Crippen molar-refractivity contribution in [2.75, 3.05) is 23.3 Å². The highest BCUT2D eigenvalue weighted by atomic mass is 32.1. The lowest BCUT2D eigenvalue weighted by Crippen LogP contribution is -2.28. The van der Waals surface area contributed by atoms with Gasteiger partial charge < -0.3 is 10.2 Å². The van der Waals surface area contributed by atoms with E-state index in [4.69, 9.17) is 12.2 Å². The number of nitrogens with zero attached hydrogens (tertiary/aromatic N) is 2. The van der Waals surface area contributed by atoms with Crippen LogP contribution in [0.5, 0.6) is 0 Å². The van der Waals surface area contributed by atoms with Crippen molar-refractivity contribution >= 4 is 34.9 Å². The molecule has 5 heteroatoms. The number of nitrogens with one attached hydrogen (secondary N) is 2. The van der Waals surface area contributed by atoms with Gasteiger partial charge in [-0.3, -0.25) is 5.43 Å². The fourth-order valence-electron chi connectivity index (χ4n) is 3.07. The van der Waals surface area contributed by atoms with Crippen LogP contribution in [-0.2, 0) is 6.42 Å². The largest absolute Gasteiger partial charge is 0.372 e. The van der Waals surface area contributed by atoms with Crippen LogP contribution in [0, 0.1) is 6.92 Å². The molecule has 0 aromatic heterocycles. The van der Waals surface area contributed by atoms with E-state index in [-0.39, 0.29) is 0 Å². The molecular formula is C20H24N4S. The van der Waals surface area contributed by atoms with Crippen LogP contribution in [0.3, 0.4) is 0 Å². The van der Waals surface area contributed by atoms with Crippen LogP contribution in [-0.4, -0.2) is 24.4 Å². The summed E-state index contributed by atoms with van der Waals surface area (Å²) in [6.07, 6.45) is 4.16. The number of hydrogen-bond acceptors (Lipinski definition) is 3. The Balaban J connectivity index is 1.58. The predicted octanol–water partition coefficient (Wildman–Crippen LogP) is 4.09. The van der Waals surface area contributed by atoms with Crippen molar-refractivity contribution in [1.82, 2.24) is 5.43 Å². The van der Waals surface area contributed by atoms with Gasteiger partial charge in [0, 0.05) is 24.5 Å². The summed E-state index contributed by atoms with van der Waals surface area (Å²) < 4.78 is 0. The van der Waals surface area contributed by atoms with Gasteiger partial charge in [-0.25, -0.2) is 0 Å². The second kappa shape index (κ2) is 8.12. The SMILES string of the molecule is CCN1CCCc2cc(/C=N/NC(=S)Nc3ccc(C)cc3)ccc21. The van der Waals surface area contributed by atoms with Crippen LogP contribution >= 0.6 is 12.2 Å². The van der Waals surface area contributed by atoms with Gasteiger partial charge in [-0.2, -0.15) is 5.10 Å². The van der Waals surface area contributed by atoms with Gasteiger partial charge in [-0.05, 0) is 74.3 Å². The Morgan fingerprint density at radius 3 is 2.80 bits per heavy atom. The number of thiocarbonyl (C=S) groups is 1. The van der Waals surface area contributed by atoms with Crippen molar-refractivity contribution in [1.29, 1.82) is 0 Å². The molecule has 1 aliphatic rings. The molecule has 0 saturated heterocycles. The molecule has 0 amide bonds. The molecule has 0 fully saturated rings. The molecule has 1 aliphatic heterocycles. The molecule has 0 unspecified atom stereocenters. The summed E-state index contributed by atoms with van der Waals surface area (Å²) in [5, 5.41) is 7.85. The third kappa shape index (κ3) is 4.57. The van der Waals surface area contributed by atoms with Gasteiger partial charge in [-0.15, -0.1) is 0 Å². The Bertz CT molecular complexity index is 768. The monoisotopic (exact) mass is 352 g/mol. The second-order valence-corrected chi connectivity index (χ2v) is 6.67. The Labute approximate surface area is 154 Å². The molecule has 2 N–H and O–H groups in total. The maximum atomic E-state index is 5.27. The zero-order valence-corrected chi connectivity index (χ0v) is 15.6. The lowest BCUT2D eigenvalue weighted by molar-refractivity contribution is 0.708. The molecule has 1 heterocycles. The van der Waals surface area contributed by atoms with E-state index in [1.165, 1.54) is 23.2 Å². The van der Waals surface area contributed by atoms with Crippen molar-refractivity contribution in [2.45, 2.75) is 26.7 Å². The maximum absolute atomic E-state index is 5.27. The second-order valence-electron chi connectivity index (χ2n) is 6.26. The average Bonchev–Trinajstić information content (AvgIpc) is 2.63. The van der Waals surface area contributed by atoms with E-state index < -0.39 is 0 Å². The Morgan fingerprint density at radius 2 is 2.04 bits per heavy atom. The molecule has 130 valence electrons. The molecule has 0 bridgehead atoms. The molecule has 3 rings (SSSR count). The Hall–Kier alpha value is -2.40. The lowest BCUT2D eigenvalue weighted by atomic mass is 9.99. The minimum Gasteiger partial charge on any atom is -0.372 e. The van der Waals surface area contributed by atoms with Crippen LogP contribution in [0.15, 0.2) is 47.6 Å². The number of hydrogen-bond donors (Lipinski definition) is 2. The molecule has 25 heavy (non-hydrogen) atoms. The van der Waals surface area contributed by atoms with E-state index in [0.717, 1.165) is 30.8 Å². The Kier molecular flexibility index (Phi) is 5.66. The summed E-state index contributed by atoms with van der Waals surface area (Å²) in [5.74, 6) is 0. The lowest BCUT2D eigenvalue weighted by Gasteiger charge is -2.30. The zero-order valence-electron chi connectivity index (χ0n) is 14.7. The molecule has 4 nitrogen and oxygen atoms in total. The minimum atomic E-state index is 0.482. The standard InChI is InChI=1S/C20H24N4S/c1-3-24-12-4-5-17-13-16(8-11-19(17)24)14-21-23-20(25)22-18-9-6-15(2)7-10-18/h6-11,13-14H,3-5,12H2,1-2H3,(H2,22,23,25)/b21-14+. The predicted molar refractivity (Wildman–Crippen MR) is 111 cm³/mol. The van der Waals surface area contributed by atoms with Gasteiger partial charge in [-0.1, -0.05) is 23.8 Å². The fraction of sp³-hybridized carbons (Fsp3) is 0.300. The van der Waals surface area contributed by atoms with Crippen molar-refractivity contribution in [2.24, 2.45) is 5.10 Å². The molecule has 2 aromatic carbocycles. The first-order valence-corrected chi connectivity index (χ1v) is 9.11. The first-order chi connectivity index (χ1) is 12.2. The average molecular weight is 353 g/mol. The first-order valence-electron chi connectivity index (χ1n) is 8.70. The molecule has 0 spiro atoms. The summed E-state index contributed by atoms with van der Waals surface area (Å²) >= 11 is 5.27. The molecule has 0 atom stereocenters. The fourth-order valence-corrected chi connectivity index (χ4v) is 3.24. The Morgan fingerprint density at radius 1 is 1.24 bits per heavy atom. The highest BCUT2D eigenvalue weighted by Crippen LogP contribution is 2.27. The zero-order chi connectivity index (χ0) is 17.6. The summed E-state index contributed by atoms with van der Waals surface area (Å²) in [4.78, 5) is 2.43. The molecule has 0 saturated carbocycles. The van der Waals surface area contributed by atoms with Crippen LogP contribution in [0.4, 0.5) is 11.4 Å². The highest BCUT2D eigenvalue weighted by molar-refractivity contribution is 7.80. The van der Waals surface area contributed by atoms with E-state index in [1.54, 1.807) is 0 Å². The highest BCUT2D eigenvalue weighted by Gasteiger charge is 2.15. The van der Waals surface area contributed by atoms with Gasteiger partial charge >= 0.3 is 0 Å². The topological polar surface area (TPSA) is 39.7 Å². The first kappa shape index (κ1) is 17.4. The maximum Gasteiger partial charge on any atom is 0.191 e.